The number of methoxy groups -OCH3 is 1. The molecule has 22 heavy (non-hydrogen) atoms. The average Bonchev–Trinajstić information content (AvgIpc) is 3.38. The third-order valence-corrected chi connectivity index (χ3v) is 4.10. The molecule has 0 bridgehead atoms. The summed E-state index contributed by atoms with van der Waals surface area (Å²) in [6.07, 6.45) is 2.19. The van der Waals surface area contributed by atoms with Crippen molar-refractivity contribution in [1.82, 2.24) is 15.5 Å². The van der Waals surface area contributed by atoms with Crippen molar-refractivity contribution in [3.8, 4) is 0 Å². The molecule has 1 aromatic carbocycles. The summed E-state index contributed by atoms with van der Waals surface area (Å²) in [5.74, 6) is -0.339. The molecule has 0 spiro atoms. The Labute approximate surface area is 129 Å². The van der Waals surface area contributed by atoms with Gasteiger partial charge in [0.2, 0.25) is 0 Å². The summed E-state index contributed by atoms with van der Waals surface area (Å²) < 4.78 is 4.70. The van der Waals surface area contributed by atoms with Crippen LogP contribution in [0.15, 0.2) is 24.3 Å². The van der Waals surface area contributed by atoms with E-state index in [1.165, 1.54) is 7.11 Å². The summed E-state index contributed by atoms with van der Waals surface area (Å²) in [4.78, 5) is 25.4. The van der Waals surface area contributed by atoms with Crippen molar-refractivity contribution < 1.29 is 14.3 Å². The normalized spacial score (nSPS) is 21.3. The van der Waals surface area contributed by atoms with Gasteiger partial charge in [0.1, 0.15) is 0 Å². The number of esters is 1. The highest BCUT2D eigenvalue weighted by Crippen LogP contribution is 2.21. The van der Waals surface area contributed by atoms with E-state index in [0.717, 1.165) is 31.5 Å². The average molecular weight is 303 g/mol. The van der Waals surface area contributed by atoms with Gasteiger partial charge in [0, 0.05) is 25.7 Å². The predicted octanol–water partition coefficient (Wildman–Crippen LogP) is 1.29. The lowest BCUT2D eigenvalue weighted by Gasteiger charge is -2.34. The van der Waals surface area contributed by atoms with Crippen LogP contribution >= 0.6 is 0 Å². The number of benzene rings is 1. The number of rotatable bonds is 3. The standard InChI is InChI=1S/C16H21N3O3/c1-22-15(20)12-4-2-11(3-5-12)14-10-19(9-8-17-14)16(21)18-13-6-7-13/h2-5,13-14,17H,6-10H2,1H3,(H,18,21)/t14-/m1/s1. The van der Waals surface area contributed by atoms with Crippen molar-refractivity contribution in [2.75, 3.05) is 26.7 Å². The fourth-order valence-electron chi connectivity index (χ4n) is 2.62. The zero-order valence-electron chi connectivity index (χ0n) is 12.7. The monoisotopic (exact) mass is 303 g/mol. The lowest BCUT2D eigenvalue weighted by atomic mass is 10.0. The van der Waals surface area contributed by atoms with Gasteiger partial charge in [-0.3, -0.25) is 0 Å². The molecule has 2 amide bonds. The Morgan fingerprint density at radius 3 is 2.64 bits per heavy atom. The minimum absolute atomic E-state index is 0.0279. The van der Waals surface area contributed by atoms with Crippen LogP contribution in [-0.2, 0) is 4.74 Å². The van der Waals surface area contributed by atoms with Crippen LogP contribution in [0.4, 0.5) is 4.79 Å². The molecule has 1 aliphatic heterocycles. The van der Waals surface area contributed by atoms with Gasteiger partial charge in [-0.15, -0.1) is 0 Å². The van der Waals surface area contributed by atoms with Crippen LogP contribution in [0.25, 0.3) is 0 Å². The maximum atomic E-state index is 12.1. The van der Waals surface area contributed by atoms with Crippen molar-refractivity contribution in [2.24, 2.45) is 0 Å². The first kappa shape index (κ1) is 14.8. The van der Waals surface area contributed by atoms with E-state index < -0.39 is 0 Å². The van der Waals surface area contributed by atoms with E-state index in [4.69, 9.17) is 4.74 Å². The van der Waals surface area contributed by atoms with Crippen LogP contribution in [0.2, 0.25) is 0 Å². The Kier molecular flexibility index (Phi) is 4.29. The van der Waals surface area contributed by atoms with Crippen molar-refractivity contribution in [3.05, 3.63) is 35.4 Å². The molecule has 6 heteroatoms. The van der Waals surface area contributed by atoms with Gasteiger partial charge >= 0.3 is 12.0 Å². The van der Waals surface area contributed by atoms with E-state index in [1.807, 2.05) is 17.0 Å². The summed E-state index contributed by atoms with van der Waals surface area (Å²) >= 11 is 0. The highest BCUT2D eigenvalue weighted by atomic mass is 16.5. The number of piperazine rings is 1. The fourth-order valence-corrected chi connectivity index (χ4v) is 2.62. The molecule has 1 aromatic rings. The van der Waals surface area contributed by atoms with Crippen molar-refractivity contribution in [2.45, 2.75) is 24.9 Å². The van der Waals surface area contributed by atoms with E-state index in [-0.39, 0.29) is 18.0 Å². The summed E-state index contributed by atoms with van der Waals surface area (Å²) in [7, 11) is 1.37. The Balaban J connectivity index is 1.63. The van der Waals surface area contributed by atoms with Gasteiger partial charge in [0.15, 0.2) is 0 Å². The molecular weight excluding hydrogens is 282 g/mol. The zero-order valence-corrected chi connectivity index (χ0v) is 12.7. The Bertz CT molecular complexity index is 554. The van der Waals surface area contributed by atoms with Gasteiger partial charge < -0.3 is 20.3 Å². The minimum Gasteiger partial charge on any atom is -0.465 e. The Hall–Kier alpha value is -2.08. The largest absolute Gasteiger partial charge is 0.465 e. The van der Waals surface area contributed by atoms with Gasteiger partial charge in [0.25, 0.3) is 0 Å². The van der Waals surface area contributed by atoms with Gasteiger partial charge in [-0.1, -0.05) is 12.1 Å². The number of nitrogens with zero attached hydrogens (tertiary/aromatic N) is 1. The number of carbonyl (C=O) groups is 2. The maximum absolute atomic E-state index is 12.1. The third-order valence-electron chi connectivity index (χ3n) is 4.10. The first-order valence-corrected chi connectivity index (χ1v) is 7.64. The van der Waals surface area contributed by atoms with Crippen LogP contribution < -0.4 is 10.6 Å². The highest BCUT2D eigenvalue weighted by Gasteiger charge is 2.29. The number of amides is 2. The topological polar surface area (TPSA) is 70.7 Å². The van der Waals surface area contributed by atoms with E-state index in [9.17, 15) is 9.59 Å². The van der Waals surface area contributed by atoms with Crippen molar-refractivity contribution in [1.29, 1.82) is 0 Å². The zero-order chi connectivity index (χ0) is 15.5. The Morgan fingerprint density at radius 2 is 2.00 bits per heavy atom. The molecule has 0 aromatic heterocycles. The second kappa shape index (κ2) is 6.36. The molecule has 0 unspecified atom stereocenters. The van der Waals surface area contributed by atoms with E-state index in [2.05, 4.69) is 10.6 Å². The number of hydrogen-bond acceptors (Lipinski definition) is 4. The molecule has 118 valence electrons. The van der Waals surface area contributed by atoms with Crippen LogP contribution in [0.1, 0.15) is 34.8 Å². The molecule has 1 saturated heterocycles. The van der Waals surface area contributed by atoms with Gasteiger partial charge in [-0.2, -0.15) is 0 Å². The summed E-state index contributed by atoms with van der Waals surface area (Å²) in [6, 6.07) is 7.82. The lowest BCUT2D eigenvalue weighted by Crippen LogP contribution is -2.51. The van der Waals surface area contributed by atoms with Gasteiger partial charge in [0.05, 0.1) is 18.7 Å². The van der Waals surface area contributed by atoms with Crippen LogP contribution in [-0.4, -0.2) is 49.7 Å². The predicted molar refractivity (Wildman–Crippen MR) is 81.7 cm³/mol. The molecule has 2 aliphatic rings. The van der Waals surface area contributed by atoms with Gasteiger partial charge in [-0.05, 0) is 30.5 Å². The molecule has 1 aliphatic carbocycles. The summed E-state index contributed by atoms with van der Waals surface area (Å²) in [5, 5.41) is 6.44. The minimum atomic E-state index is -0.339. The number of ether oxygens (including phenoxy) is 1. The molecule has 3 rings (SSSR count). The summed E-state index contributed by atoms with van der Waals surface area (Å²) in [6.45, 7) is 2.12. The third kappa shape index (κ3) is 3.39. The molecule has 1 heterocycles. The van der Waals surface area contributed by atoms with E-state index >= 15 is 0 Å². The fraction of sp³-hybridized carbons (Fsp3) is 0.500. The van der Waals surface area contributed by atoms with Crippen LogP contribution in [0, 0.1) is 0 Å². The molecule has 1 saturated carbocycles. The number of urea groups is 1. The van der Waals surface area contributed by atoms with Crippen LogP contribution in [0.5, 0.6) is 0 Å². The number of nitrogens with one attached hydrogen (secondary N) is 2. The van der Waals surface area contributed by atoms with Crippen molar-refractivity contribution in [3.63, 3.8) is 0 Å². The molecular formula is C16H21N3O3. The second-order valence-corrected chi connectivity index (χ2v) is 5.79. The number of carbonyl (C=O) groups excluding carboxylic acids is 2. The van der Waals surface area contributed by atoms with E-state index in [1.54, 1.807) is 12.1 Å². The first-order valence-electron chi connectivity index (χ1n) is 7.64. The van der Waals surface area contributed by atoms with Gasteiger partial charge in [-0.25, -0.2) is 9.59 Å². The highest BCUT2D eigenvalue weighted by molar-refractivity contribution is 5.89. The molecule has 6 nitrogen and oxygen atoms in total. The summed E-state index contributed by atoms with van der Waals surface area (Å²) in [5.41, 5.74) is 1.60. The second-order valence-electron chi connectivity index (χ2n) is 5.79. The lowest BCUT2D eigenvalue weighted by molar-refractivity contribution is 0.0600. The smallest absolute Gasteiger partial charge is 0.337 e. The van der Waals surface area contributed by atoms with E-state index in [0.29, 0.717) is 18.2 Å². The number of hydrogen-bond donors (Lipinski definition) is 2. The Morgan fingerprint density at radius 1 is 1.27 bits per heavy atom. The quantitative estimate of drug-likeness (QED) is 0.826. The SMILES string of the molecule is COC(=O)c1ccc([C@H]2CN(C(=O)NC3CC3)CCN2)cc1. The first-order chi connectivity index (χ1) is 10.7. The maximum Gasteiger partial charge on any atom is 0.337 e. The van der Waals surface area contributed by atoms with Crippen LogP contribution in [0.3, 0.4) is 0 Å². The molecule has 2 fully saturated rings. The molecule has 2 N–H and O–H groups in total. The van der Waals surface area contributed by atoms with Crippen molar-refractivity contribution >= 4 is 12.0 Å². The molecule has 1 atom stereocenters. The molecule has 0 radical (unpaired) electrons.